The Balaban J connectivity index is 2.65. The van der Waals surface area contributed by atoms with Crippen LogP contribution in [-0.2, 0) is 11.4 Å². The Kier molecular flexibility index (Phi) is 5.95. The molecule has 0 bridgehead atoms. The average molecular weight is 271 g/mol. The van der Waals surface area contributed by atoms with E-state index in [1.807, 2.05) is 13.8 Å². The van der Waals surface area contributed by atoms with Crippen molar-refractivity contribution in [1.29, 1.82) is 0 Å². The summed E-state index contributed by atoms with van der Waals surface area (Å²) in [5, 5.41) is 12.6. The van der Waals surface area contributed by atoms with E-state index in [4.69, 9.17) is 16.7 Å². The van der Waals surface area contributed by atoms with Crippen LogP contribution < -0.4 is 5.32 Å². The Morgan fingerprint density at radius 1 is 1.39 bits per heavy atom. The van der Waals surface area contributed by atoms with E-state index in [9.17, 15) is 4.79 Å². The third-order valence-electron chi connectivity index (χ3n) is 2.76. The fraction of sp³-hybridized carbons (Fsp3) is 0.462. The number of benzene rings is 1. The third-order valence-corrected chi connectivity index (χ3v) is 3.09. The average Bonchev–Trinajstić information content (AvgIpc) is 2.39. The number of hydrogen-bond acceptors (Lipinski definition) is 3. The molecule has 1 aromatic rings. The zero-order valence-corrected chi connectivity index (χ0v) is 11.5. The van der Waals surface area contributed by atoms with E-state index in [0.717, 1.165) is 5.56 Å². The molecule has 1 aromatic carbocycles. The van der Waals surface area contributed by atoms with Gasteiger partial charge in [-0.05, 0) is 31.5 Å². The molecule has 0 saturated carbocycles. The molecule has 0 atom stereocenters. The van der Waals surface area contributed by atoms with E-state index in [2.05, 4.69) is 5.32 Å². The number of likely N-dealkylation sites (N-methyl/N-ethyl adjacent to an activating group) is 1. The van der Waals surface area contributed by atoms with Gasteiger partial charge in [0.1, 0.15) is 0 Å². The predicted octanol–water partition coefficient (Wildman–Crippen LogP) is 2.11. The SMILES string of the molecule is CCN(CC)C(=O)CNc1cc(CO)ccc1Cl. The van der Waals surface area contributed by atoms with E-state index in [1.165, 1.54) is 0 Å². The number of rotatable bonds is 6. The molecule has 0 fully saturated rings. The molecule has 18 heavy (non-hydrogen) atoms. The molecular formula is C13H19ClN2O2. The van der Waals surface area contributed by atoms with Gasteiger partial charge in [0, 0.05) is 13.1 Å². The van der Waals surface area contributed by atoms with Gasteiger partial charge in [-0.2, -0.15) is 0 Å². The van der Waals surface area contributed by atoms with Gasteiger partial charge in [-0.15, -0.1) is 0 Å². The molecule has 0 spiro atoms. The first-order chi connectivity index (χ1) is 8.62. The lowest BCUT2D eigenvalue weighted by Crippen LogP contribution is -2.35. The van der Waals surface area contributed by atoms with Gasteiger partial charge in [-0.3, -0.25) is 4.79 Å². The highest BCUT2D eigenvalue weighted by molar-refractivity contribution is 6.33. The monoisotopic (exact) mass is 270 g/mol. The molecule has 0 heterocycles. The Labute approximate surface area is 113 Å². The third kappa shape index (κ3) is 3.89. The zero-order valence-electron chi connectivity index (χ0n) is 10.7. The number of nitrogens with zero attached hydrogens (tertiary/aromatic N) is 1. The molecule has 0 saturated heterocycles. The van der Waals surface area contributed by atoms with Gasteiger partial charge in [0.25, 0.3) is 0 Å². The molecule has 4 nitrogen and oxygen atoms in total. The van der Waals surface area contributed by atoms with Crippen LogP contribution in [0.2, 0.25) is 5.02 Å². The topological polar surface area (TPSA) is 52.6 Å². The van der Waals surface area contributed by atoms with Gasteiger partial charge < -0.3 is 15.3 Å². The lowest BCUT2D eigenvalue weighted by Gasteiger charge is -2.19. The number of halogens is 1. The first kappa shape index (κ1) is 14.8. The van der Waals surface area contributed by atoms with Crippen LogP contribution in [0.1, 0.15) is 19.4 Å². The fourth-order valence-corrected chi connectivity index (χ4v) is 1.85. The van der Waals surface area contributed by atoms with Crippen LogP contribution in [0.4, 0.5) is 5.69 Å². The highest BCUT2D eigenvalue weighted by Crippen LogP contribution is 2.22. The molecule has 1 amide bonds. The maximum atomic E-state index is 11.8. The van der Waals surface area contributed by atoms with Crippen molar-refractivity contribution < 1.29 is 9.90 Å². The molecule has 0 aliphatic heterocycles. The largest absolute Gasteiger partial charge is 0.392 e. The molecule has 0 aromatic heterocycles. The number of nitrogens with one attached hydrogen (secondary N) is 1. The summed E-state index contributed by atoms with van der Waals surface area (Å²) in [5.74, 6) is 0.0328. The highest BCUT2D eigenvalue weighted by Gasteiger charge is 2.10. The van der Waals surface area contributed by atoms with E-state index in [1.54, 1.807) is 23.1 Å². The Morgan fingerprint density at radius 2 is 2.06 bits per heavy atom. The summed E-state index contributed by atoms with van der Waals surface area (Å²) in [6.07, 6.45) is 0. The van der Waals surface area contributed by atoms with Crippen LogP contribution in [0.25, 0.3) is 0 Å². The number of carbonyl (C=O) groups excluding carboxylic acids is 1. The molecular weight excluding hydrogens is 252 g/mol. The quantitative estimate of drug-likeness (QED) is 0.832. The summed E-state index contributed by atoms with van der Waals surface area (Å²) >= 11 is 6.01. The minimum absolute atomic E-state index is 0.0328. The van der Waals surface area contributed by atoms with Crippen molar-refractivity contribution in [3.63, 3.8) is 0 Å². The van der Waals surface area contributed by atoms with Gasteiger partial charge in [-0.1, -0.05) is 17.7 Å². The molecule has 100 valence electrons. The number of hydrogen-bond donors (Lipinski definition) is 2. The number of anilines is 1. The number of aliphatic hydroxyl groups excluding tert-OH is 1. The minimum Gasteiger partial charge on any atom is -0.392 e. The Bertz CT molecular complexity index is 406. The number of amides is 1. The number of aliphatic hydroxyl groups is 1. The van der Waals surface area contributed by atoms with Gasteiger partial charge >= 0.3 is 0 Å². The smallest absolute Gasteiger partial charge is 0.241 e. The van der Waals surface area contributed by atoms with Crippen LogP contribution in [0, 0.1) is 0 Å². The lowest BCUT2D eigenvalue weighted by atomic mass is 10.2. The zero-order chi connectivity index (χ0) is 13.5. The van der Waals surface area contributed by atoms with Crippen molar-refractivity contribution >= 4 is 23.2 Å². The van der Waals surface area contributed by atoms with Crippen LogP contribution in [0.5, 0.6) is 0 Å². The standard InChI is InChI=1S/C13H19ClN2O2/c1-3-16(4-2)13(18)8-15-12-7-10(9-17)5-6-11(12)14/h5-7,15,17H,3-4,8-9H2,1-2H3. The van der Waals surface area contributed by atoms with E-state index < -0.39 is 0 Å². The second kappa shape index (κ2) is 7.24. The summed E-state index contributed by atoms with van der Waals surface area (Å²) in [4.78, 5) is 13.6. The van der Waals surface area contributed by atoms with Crippen LogP contribution in [-0.4, -0.2) is 35.5 Å². The summed E-state index contributed by atoms with van der Waals surface area (Å²) in [7, 11) is 0. The van der Waals surface area contributed by atoms with Crippen molar-refractivity contribution in [3.8, 4) is 0 Å². The van der Waals surface area contributed by atoms with Crippen LogP contribution >= 0.6 is 11.6 Å². The lowest BCUT2D eigenvalue weighted by molar-refractivity contribution is -0.128. The second-order valence-electron chi connectivity index (χ2n) is 3.89. The Hall–Kier alpha value is -1.26. The maximum absolute atomic E-state index is 11.8. The van der Waals surface area contributed by atoms with Gasteiger partial charge in [0.2, 0.25) is 5.91 Å². The maximum Gasteiger partial charge on any atom is 0.241 e. The molecule has 0 unspecified atom stereocenters. The van der Waals surface area contributed by atoms with Gasteiger partial charge in [0.05, 0.1) is 23.9 Å². The van der Waals surface area contributed by atoms with E-state index in [-0.39, 0.29) is 19.1 Å². The van der Waals surface area contributed by atoms with Crippen LogP contribution in [0.3, 0.4) is 0 Å². The molecule has 2 N–H and O–H groups in total. The summed E-state index contributed by atoms with van der Waals surface area (Å²) in [5.41, 5.74) is 1.43. The molecule has 0 radical (unpaired) electrons. The van der Waals surface area contributed by atoms with Crippen molar-refractivity contribution in [2.45, 2.75) is 20.5 Å². The highest BCUT2D eigenvalue weighted by atomic mass is 35.5. The summed E-state index contributed by atoms with van der Waals surface area (Å²) in [6.45, 7) is 5.44. The minimum atomic E-state index is -0.0458. The van der Waals surface area contributed by atoms with E-state index >= 15 is 0 Å². The molecule has 5 heteroatoms. The second-order valence-corrected chi connectivity index (χ2v) is 4.30. The molecule has 0 aliphatic carbocycles. The Morgan fingerprint density at radius 3 is 2.61 bits per heavy atom. The van der Waals surface area contributed by atoms with Crippen molar-refractivity contribution in [2.75, 3.05) is 25.0 Å². The van der Waals surface area contributed by atoms with Gasteiger partial charge in [0.15, 0.2) is 0 Å². The van der Waals surface area contributed by atoms with E-state index in [0.29, 0.717) is 23.8 Å². The van der Waals surface area contributed by atoms with Crippen molar-refractivity contribution in [3.05, 3.63) is 28.8 Å². The predicted molar refractivity (Wildman–Crippen MR) is 73.8 cm³/mol. The first-order valence-electron chi connectivity index (χ1n) is 6.03. The first-order valence-corrected chi connectivity index (χ1v) is 6.41. The molecule has 0 aliphatic rings. The normalized spacial score (nSPS) is 10.2. The summed E-state index contributed by atoms with van der Waals surface area (Å²) in [6, 6.07) is 5.20. The van der Waals surface area contributed by atoms with Gasteiger partial charge in [-0.25, -0.2) is 0 Å². The molecule has 1 rings (SSSR count). The fourth-order valence-electron chi connectivity index (χ4n) is 1.67. The van der Waals surface area contributed by atoms with Crippen molar-refractivity contribution in [2.24, 2.45) is 0 Å². The summed E-state index contributed by atoms with van der Waals surface area (Å²) < 4.78 is 0. The van der Waals surface area contributed by atoms with Crippen molar-refractivity contribution in [1.82, 2.24) is 4.90 Å². The number of carbonyl (C=O) groups is 1. The van der Waals surface area contributed by atoms with Crippen LogP contribution in [0.15, 0.2) is 18.2 Å².